The molecule has 5 rings (SSSR count). The number of benzene rings is 2. The van der Waals surface area contributed by atoms with Crippen molar-refractivity contribution in [1.82, 2.24) is 20.0 Å². The number of oxazole rings is 1. The summed E-state index contributed by atoms with van der Waals surface area (Å²) in [5.41, 5.74) is 3.39. The van der Waals surface area contributed by atoms with Crippen molar-refractivity contribution in [3.63, 3.8) is 0 Å². The fourth-order valence-corrected chi connectivity index (χ4v) is 3.93. The molecule has 1 unspecified atom stereocenters. The van der Waals surface area contributed by atoms with Crippen LogP contribution in [0, 0.1) is 6.92 Å². The van der Waals surface area contributed by atoms with Gasteiger partial charge >= 0.3 is 5.76 Å². The summed E-state index contributed by atoms with van der Waals surface area (Å²) in [5, 5.41) is 6.33. The van der Waals surface area contributed by atoms with E-state index in [0.29, 0.717) is 29.2 Å². The van der Waals surface area contributed by atoms with E-state index in [0.717, 1.165) is 16.7 Å². The first-order valence-corrected chi connectivity index (χ1v) is 9.86. The van der Waals surface area contributed by atoms with Gasteiger partial charge in [-0.05, 0) is 30.5 Å². The van der Waals surface area contributed by atoms with Crippen molar-refractivity contribution in [1.29, 1.82) is 0 Å². The molecule has 1 atom stereocenters. The maximum atomic E-state index is 12.5. The maximum absolute atomic E-state index is 12.5. The van der Waals surface area contributed by atoms with E-state index in [1.54, 1.807) is 6.07 Å². The van der Waals surface area contributed by atoms with E-state index in [-0.39, 0.29) is 18.7 Å². The second-order valence-electron chi connectivity index (χ2n) is 7.46. The number of amides is 2. The number of nitrogens with zero attached hydrogens (tertiary/aromatic N) is 3. The zero-order valence-electron chi connectivity index (χ0n) is 16.6. The summed E-state index contributed by atoms with van der Waals surface area (Å²) >= 11 is 0. The molecule has 9 nitrogen and oxygen atoms in total. The topological polar surface area (TPSA) is 120 Å². The standard InChI is InChI=1S/C22H18N4O5/c1-12-14(11-18-24-20(25-31-18)13-5-3-2-4-6-13)7-9-16-19(12)26(22(29)30-16)15-8-10-17(27)23-21(15)28/h2-7,9,15H,8,10-11H2,1H3,(H,23,27,28). The zero-order chi connectivity index (χ0) is 21.5. The maximum Gasteiger partial charge on any atom is 0.420 e. The molecule has 4 aromatic rings. The summed E-state index contributed by atoms with van der Waals surface area (Å²) in [7, 11) is 0. The number of imide groups is 1. The lowest BCUT2D eigenvalue weighted by molar-refractivity contribution is -0.135. The number of hydrogen-bond donors (Lipinski definition) is 1. The number of hydrogen-bond acceptors (Lipinski definition) is 7. The smallest absolute Gasteiger partial charge is 0.408 e. The van der Waals surface area contributed by atoms with E-state index in [1.807, 2.05) is 43.3 Å². The normalized spacial score (nSPS) is 16.6. The Kier molecular flexibility index (Phi) is 4.50. The SMILES string of the molecule is Cc1c(Cc2nc(-c3ccccc3)no2)ccc2oc(=O)n(C3CCC(=O)NC3=O)c12. The molecule has 0 saturated carbocycles. The van der Waals surface area contributed by atoms with Crippen molar-refractivity contribution < 1.29 is 18.5 Å². The fraction of sp³-hybridized carbons (Fsp3) is 0.227. The van der Waals surface area contributed by atoms with Crippen LogP contribution in [0.5, 0.6) is 0 Å². The van der Waals surface area contributed by atoms with E-state index in [1.165, 1.54) is 4.57 Å². The van der Waals surface area contributed by atoms with Gasteiger partial charge in [0.05, 0.1) is 11.9 Å². The lowest BCUT2D eigenvalue weighted by Crippen LogP contribution is -2.43. The van der Waals surface area contributed by atoms with E-state index in [9.17, 15) is 14.4 Å². The molecule has 0 bridgehead atoms. The molecule has 1 fully saturated rings. The number of piperidine rings is 1. The first-order chi connectivity index (χ1) is 15.0. The molecule has 1 aliphatic rings. The van der Waals surface area contributed by atoms with Gasteiger partial charge in [-0.25, -0.2) is 4.79 Å². The minimum absolute atomic E-state index is 0.165. The van der Waals surface area contributed by atoms with E-state index in [4.69, 9.17) is 8.94 Å². The number of rotatable bonds is 4. The van der Waals surface area contributed by atoms with Crippen molar-refractivity contribution in [2.24, 2.45) is 0 Å². The van der Waals surface area contributed by atoms with Crippen LogP contribution < -0.4 is 11.1 Å². The molecule has 1 saturated heterocycles. The van der Waals surface area contributed by atoms with Crippen LogP contribution in [-0.4, -0.2) is 26.5 Å². The highest BCUT2D eigenvalue weighted by atomic mass is 16.5. The molecule has 2 amide bonds. The van der Waals surface area contributed by atoms with Crippen LogP contribution in [-0.2, 0) is 16.0 Å². The van der Waals surface area contributed by atoms with Crippen LogP contribution in [0.3, 0.4) is 0 Å². The Bertz CT molecular complexity index is 1370. The Labute approximate surface area is 175 Å². The van der Waals surface area contributed by atoms with Gasteiger partial charge < -0.3 is 8.94 Å². The minimum atomic E-state index is -0.798. The summed E-state index contributed by atoms with van der Waals surface area (Å²) in [4.78, 5) is 40.9. The second-order valence-corrected chi connectivity index (χ2v) is 7.46. The molecule has 31 heavy (non-hydrogen) atoms. The minimum Gasteiger partial charge on any atom is -0.408 e. The molecular weight excluding hydrogens is 400 g/mol. The average Bonchev–Trinajstić information content (AvgIpc) is 3.35. The number of fused-ring (bicyclic) bond motifs is 1. The van der Waals surface area contributed by atoms with E-state index in [2.05, 4.69) is 15.5 Å². The predicted molar refractivity (Wildman–Crippen MR) is 109 cm³/mol. The molecule has 1 aliphatic heterocycles. The van der Waals surface area contributed by atoms with Gasteiger partial charge in [-0.3, -0.25) is 19.5 Å². The summed E-state index contributed by atoms with van der Waals surface area (Å²) in [6.07, 6.45) is 0.766. The Morgan fingerprint density at radius 1 is 1.13 bits per heavy atom. The van der Waals surface area contributed by atoms with Crippen LogP contribution in [0.15, 0.2) is 56.2 Å². The van der Waals surface area contributed by atoms with Gasteiger partial charge in [0.1, 0.15) is 6.04 Å². The Balaban J connectivity index is 1.52. The highest BCUT2D eigenvalue weighted by Crippen LogP contribution is 2.28. The van der Waals surface area contributed by atoms with Crippen molar-refractivity contribution in [2.75, 3.05) is 0 Å². The highest BCUT2D eigenvalue weighted by Gasteiger charge is 2.32. The predicted octanol–water partition coefficient (Wildman–Crippen LogP) is 2.52. The first kappa shape index (κ1) is 19.0. The molecule has 0 spiro atoms. The van der Waals surface area contributed by atoms with Gasteiger partial charge in [-0.15, -0.1) is 0 Å². The van der Waals surface area contributed by atoms with Crippen molar-refractivity contribution in [3.8, 4) is 11.4 Å². The van der Waals surface area contributed by atoms with Crippen LogP contribution in [0.1, 0.15) is 35.9 Å². The molecular formula is C22H18N4O5. The van der Waals surface area contributed by atoms with Gasteiger partial charge in [0, 0.05) is 12.0 Å². The van der Waals surface area contributed by atoms with Gasteiger partial charge in [0.2, 0.25) is 23.5 Å². The molecule has 3 heterocycles. The van der Waals surface area contributed by atoms with Crippen LogP contribution in [0.4, 0.5) is 0 Å². The number of nitrogens with one attached hydrogen (secondary N) is 1. The number of carbonyl (C=O) groups is 2. The third-order valence-corrected chi connectivity index (χ3v) is 5.50. The average molecular weight is 418 g/mol. The number of aromatic nitrogens is 3. The van der Waals surface area contributed by atoms with Gasteiger partial charge in [-0.2, -0.15) is 4.98 Å². The van der Waals surface area contributed by atoms with E-state index >= 15 is 0 Å². The molecule has 1 N–H and O–H groups in total. The highest BCUT2D eigenvalue weighted by molar-refractivity contribution is 6.00. The van der Waals surface area contributed by atoms with Crippen LogP contribution in [0.2, 0.25) is 0 Å². The second kappa shape index (κ2) is 7.35. The van der Waals surface area contributed by atoms with Gasteiger partial charge in [0.15, 0.2) is 5.58 Å². The van der Waals surface area contributed by atoms with Crippen molar-refractivity contribution >= 4 is 22.9 Å². The molecule has 0 aliphatic carbocycles. The quantitative estimate of drug-likeness (QED) is 0.506. The molecule has 2 aromatic carbocycles. The zero-order valence-corrected chi connectivity index (χ0v) is 16.6. The summed E-state index contributed by atoms with van der Waals surface area (Å²) in [5.74, 6) is -0.549. The summed E-state index contributed by atoms with van der Waals surface area (Å²) in [6, 6.07) is 12.2. The fourth-order valence-electron chi connectivity index (χ4n) is 3.93. The largest absolute Gasteiger partial charge is 0.420 e. The first-order valence-electron chi connectivity index (χ1n) is 9.86. The van der Waals surface area contributed by atoms with E-state index < -0.39 is 17.7 Å². The Morgan fingerprint density at radius 2 is 1.94 bits per heavy atom. The third kappa shape index (κ3) is 3.33. The molecule has 156 valence electrons. The number of aryl methyl sites for hydroxylation is 1. The van der Waals surface area contributed by atoms with Crippen molar-refractivity contribution in [2.45, 2.75) is 32.2 Å². The lowest BCUT2D eigenvalue weighted by Gasteiger charge is -2.22. The molecule has 2 aromatic heterocycles. The Morgan fingerprint density at radius 3 is 2.71 bits per heavy atom. The third-order valence-electron chi connectivity index (χ3n) is 5.50. The van der Waals surface area contributed by atoms with Gasteiger partial charge in [0.25, 0.3) is 0 Å². The summed E-state index contributed by atoms with van der Waals surface area (Å²) in [6.45, 7) is 1.85. The van der Waals surface area contributed by atoms with Crippen molar-refractivity contribution in [3.05, 3.63) is 70.0 Å². The summed E-state index contributed by atoms with van der Waals surface area (Å²) < 4.78 is 12.1. The molecule has 9 heteroatoms. The monoisotopic (exact) mass is 418 g/mol. The van der Waals surface area contributed by atoms with Gasteiger partial charge in [-0.1, -0.05) is 41.6 Å². The van der Waals surface area contributed by atoms with Crippen LogP contribution in [0.25, 0.3) is 22.5 Å². The molecule has 0 radical (unpaired) electrons. The Hall–Kier alpha value is -4.01. The lowest BCUT2D eigenvalue weighted by atomic mass is 10.0. The van der Waals surface area contributed by atoms with Crippen LogP contribution >= 0.6 is 0 Å². The number of carbonyl (C=O) groups excluding carboxylic acids is 2.